The fourth-order valence-corrected chi connectivity index (χ4v) is 3.25. The van der Waals surface area contributed by atoms with Gasteiger partial charge in [0.25, 0.3) is 0 Å². The van der Waals surface area contributed by atoms with Crippen LogP contribution in [-0.2, 0) is 11.3 Å². The lowest BCUT2D eigenvalue weighted by atomic mass is 9.95. The Morgan fingerprint density at radius 3 is 3.05 bits per heavy atom. The molecule has 2 N–H and O–H groups in total. The van der Waals surface area contributed by atoms with Gasteiger partial charge in [-0.25, -0.2) is 9.97 Å². The molecule has 6 heteroatoms. The van der Waals surface area contributed by atoms with E-state index in [2.05, 4.69) is 20.6 Å². The van der Waals surface area contributed by atoms with Crippen LogP contribution in [-0.4, -0.2) is 27.7 Å². The Hall–Kier alpha value is -1.14. The van der Waals surface area contributed by atoms with Crippen molar-refractivity contribution in [3.05, 3.63) is 11.9 Å². The molecule has 0 radical (unpaired) electrons. The summed E-state index contributed by atoms with van der Waals surface area (Å²) in [6.07, 6.45) is 8.32. The number of hydrogen-bond donors (Lipinski definition) is 2. The Bertz CT molecular complexity index is 474. The minimum Gasteiger partial charge on any atom is -0.308 e. The molecule has 3 rings (SSSR count). The number of carbonyl (C=O) groups is 1. The van der Waals surface area contributed by atoms with Crippen molar-refractivity contribution >= 4 is 23.5 Å². The number of carbonyl (C=O) groups excluding carboxylic acids is 1. The topological polar surface area (TPSA) is 66.9 Å². The Morgan fingerprint density at radius 2 is 2.21 bits per heavy atom. The molecule has 0 unspecified atom stereocenters. The van der Waals surface area contributed by atoms with Crippen LogP contribution in [0, 0.1) is 0 Å². The second-order valence-corrected chi connectivity index (χ2v) is 6.03. The summed E-state index contributed by atoms with van der Waals surface area (Å²) in [5.41, 5.74) is 0.895. The van der Waals surface area contributed by atoms with Crippen LogP contribution in [0.5, 0.6) is 0 Å². The van der Waals surface area contributed by atoms with Crippen LogP contribution in [0.3, 0.4) is 0 Å². The Balaban J connectivity index is 1.61. The van der Waals surface area contributed by atoms with Crippen molar-refractivity contribution in [2.24, 2.45) is 0 Å². The van der Waals surface area contributed by atoms with Gasteiger partial charge in [-0.2, -0.15) is 0 Å². The molecule has 1 aliphatic heterocycles. The van der Waals surface area contributed by atoms with Crippen molar-refractivity contribution in [2.75, 3.05) is 11.1 Å². The summed E-state index contributed by atoms with van der Waals surface area (Å²) in [6, 6.07) is 0.607. The van der Waals surface area contributed by atoms with Crippen molar-refractivity contribution in [3.63, 3.8) is 0 Å². The summed E-state index contributed by atoms with van der Waals surface area (Å²) in [7, 11) is 0. The summed E-state index contributed by atoms with van der Waals surface area (Å²) < 4.78 is 0. The summed E-state index contributed by atoms with van der Waals surface area (Å²) in [5.74, 6) is 1.05. The summed E-state index contributed by atoms with van der Waals surface area (Å²) in [4.78, 5) is 20.2. The number of rotatable bonds is 3. The first-order chi connectivity index (χ1) is 9.31. The third-order valence-electron chi connectivity index (χ3n) is 3.56. The molecule has 2 heterocycles. The van der Waals surface area contributed by atoms with Gasteiger partial charge >= 0.3 is 0 Å². The summed E-state index contributed by atoms with van der Waals surface area (Å²) >= 11 is 1.45. The first kappa shape index (κ1) is 12.9. The minimum atomic E-state index is 0.00388. The molecular formula is C13H18N4OS. The van der Waals surface area contributed by atoms with E-state index in [1.165, 1.54) is 43.9 Å². The van der Waals surface area contributed by atoms with Crippen LogP contribution in [0.4, 0.5) is 5.82 Å². The van der Waals surface area contributed by atoms with Crippen LogP contribution >= 0.6 is 11.8 Å². The highest BCUT2D eigenvalue weighted by atomic mass is 32.2. The molecule has 19 heavy (non-hydrogen) atoms. The number of anilines is 1. The third-order valence-corrected chi connectivity index (χ3v) is 4.54. The van der Waals surface area contributed by atoms with E-state index in [-0.39, 0.29) is 5.91 Å². The van der Waals surface area contributed by atoms with E-state index in [9.17, 15) is 4.79 Å². The third kappa shape index (κ3) is 3.25. The van der Waals surface area contributed by atoms with Crippen molar-refractivity contribution in [1.82, 2.24) is 15.3 Å². The molecule has 0 bridgehead atoms. The molecule has 102 valence electrons. The van der Waals surface area contributed by atoms with Gasteiger partial charge in [-0.15, -0.1) is 0 Å². The van der Waals surface area contributed by atoms with Gasteiger partial charge in [0.2, 0.25) is 5.91 Å². The molecule has 5 nitrogen and oxygen atoms in total. The zero-order valence-corrected chi connectivity index (χ0v) is 11.6. The average molecular weight is 278 g/mol. The van der Waals surface area contributed by atoms with Crippen LogP contribution < -0.4 is 10.6 Å². The van der Waals surface area contributed by atoms with Gasteiger partial charge in [0.15, 0.2) is 5.82 Å². The van der Waals surface area contributed by atoms with Crippen molar-refractivity contribution < 1.29 is 4.79 Å². The predicted octanol–water partition coefficient (Wildman–Crippen LogP) is 1.94. The largest absolute Gasteiger partial charge is 0.308 e. The monoisotopic (exact) mass is 278 g/mol. The van der Waals surface area contributed by atoms with E-state index in [4.69, 9.17) is 0 Å². The first-order valence-corrected chi connectivity index (χ1v) is 7.82. The molecule has 1 aliphatic carbocycles. The van der Waals surface area contributed by atoms with Crippen molar-refractivity contribution in [1.29, 1.82) is 0 Å². The molecular weight excluding hydrogens is 260 g/mol. The zero-order valence-electron chi connectivity index (χ0n) is 10.8. The SMILES string of the molecule is O=C1CSc2ncc(CNC3CCCCC3)nc2N1. The molecule has 1 amide bonds. The van der Waals surface area contributed by atoms with E-state index in [0.29, 0.717) is 17.6 Å². The molecule has 2 aliphatic rings. The maximum Gasteiger partial charge on any atom is 0.236 e. The minimum absolute atomic E-state index is 0.00388. The molecule has 0 aromatic carbocycles. The highest BCUT2D eigenvalue weighted by molar-refractivity contribution is 8.00. The highest BCUT2D eigenvalue weighted by Crippen LogP contribution is 2.27. The van der Waals surface area contributed by atoms with Crippen LogP contribution in [0.15, 0.2) is 11.2 Å². The number of aromatic nitrogens is 2. The number of nitrogens with one attached hydrogen (secondary N) is 2. The van der Waals surface area contributed by atoms with Gasteiger partial charge in [-0.05, 0) is 12.8 Å². The lowest BCUT2D eigenvalue weighted by Crippen LogP contribution is -2.31. The van der Waals surface area contributed by atoms with Crippen LogP contribution in [0.2, 0.25) is 0 Å². The Morgan fingerprint density at radius 1 is 1.37 bits per heavy atom. The molecule has 1 aromatic heterocycles. The van der Waals surface area contributed by atoms with E-state index in [0.717, 1.165) is 17.3 Å². The zero-order chi connectivity index (χ0) is 13.1. The smallest absolute Gasteiger partial charge is 0.236 e. The quantitative estimate of drug-likeness (QED) is 0.884. The maximum atomic E-state index is 11.3. The fraction of sp³-hybridized carbons (Fsp3) is 0.615. The normalized spacial score (nSPS) is 19.9. The van der Waals surface area contributed by atoms with Gasteiger partial charge in [-0.3, -0.25) is 4.79 Å². The van der Waals surface area contributed by atoms with E-state index in [1.807, 2.05) is 0 Å². The molecule has 0 atom stereocenters. The lowest BCUT2D eigenvalue weighted by molar-refractivity contribution is -0.113. The average Bonchev–Trinajstić information content (AvgIpc) is 2.46. The second-order valence-electron chi connectivity index (χ2n) is 5.07. The van der Waals surface area contributed by atoms with E-state index in [1.54, 1.807) is 6.20 Å². The number of amides is 1. The Kier molecular flexibility index (Phi) is 3.98. The number of thioether (sulfide) groups is 1. The van der Waals surface area contributed by atoms with E-state index >= 15 is 0 Å². The van der Waals surface area contributed by atoms with Gasteiger partial charge in [0, 0.05) is 12.6 Å². The molecule has 1 fully saturated rings. The van der Waals surface area contributed by atoms with Crippen LogP contribution in [0.25, 0.3) is 0 Å². The van der Waals surface area contributed by atoms with Gasteiger partial charge in [0.1, 0.15) is 5.03 Å². The highest BCUT2D eigenvalue weighted by Gasteiger charge is 2.18. The summed E-state index contributed by atoms with van der Waals surface area (Å²) in [5, 5.41) is 7.13. The standard InChI is InChI=1S/C13H18N4OS/c18-11-8-19-13-12(17-11)16-10(7-15-13)6-14-9-4-2-1-3-5-9/h7,9,14H,1-6,8H2,(H,16,17,18). The lowest BCUT2D eigenvalue weighted by Gasteiger charge is -2.23. The number of nitrogens with zero attached hydrogens (tertiary/aromatic N) is 2. The van der Waals surface area contributed by atoms with Gasteiger partial charge in [-0.1, -0.05) is 31.0 Å². The molecule has 0 saturated heterocycles. The Labute approximate surface area is 117 Å². The number of hydrogen-bond acceptors (Lipinski definition) is 5. The number of fused-ring (bicyclic) bond motifs is 1. The van der Waals surface area contributed by atoms with Gasteiger partial charge in [0.05, 0.1) is 17.6 Å². The predicted molar refractivity (Wildman–Crippen MR) is 75.1 cm³/mol. The summed E-state index contributed by atoms with van der Waals surface area (Å²) in [6.45, 7) is 0.728. The van der Waals surface area contributed by atoms with Gasteiger partial charge < -0.3 is 10.6 Å². The van der Waals surface area contributed by atoms with Crippen molar-refractivity contribution in [3.8, 4) is 0 Å². The molecule has 1 aromatic rings. The maximum absolute atomic E-state index is 11.3. The second kappa shape index (κ2) is 5.88. The van der Waals surface area contributed by atoms with Crippen LogP contribution in [0.1, 0.15) is 37.8 Å². The molecule has 1 saturated carbocycles. The fourth-order valence-electron chi connectivity index (χ4n) is 2.54. The van der Waals surface area contributed by atoms with E-state index < -0.39 is 0 Å². The molecule has 0 spiro atoms. The first-order valence-electron chi connectivity index (χ1n) is 6.83. The van der Waals surface area contributed by atoms with Crippen molar-refractivity contribution in [2.45, 2.75) is 49.7 Å².